The van der Waals surface area contributed by atoms with E-state index in [0.717, 1.165) is 0 Å². The van der Waals surface area contributed by atoms with E-state index in [2.05, 4.69) is 10.3 Å². The summed E-state index contributed by atoms with van der Waals surface area (Å²) in [7, 11) is 0. The van der Waals surface area contributed by atoms with Gasteiger partial charge in [0, 0.05) is 6.07 Å². The van der Waals surface area contributed by atoms with E-state index >= 15 is 0 Å². The molecule has 5 heteroatoms. The molecule has 116 valence electrons. The highest BCUT2D eigenvalue weighted by atomic mass is 19.1. The van der Waals surface area contributed by atoms with Crippen LogP contribution in [0.2, 0.25) is 0 Å². The van der Waals surface area contributed by atoms with E-state index in [-0.39, 0.29) is 11.2 Å². The van der Waals surface area contributed by atoms with Gasteiger partial charge in [0.1, 0.15) is 11.3 Å². The van der Waals surface area contributed by atoms with Gasteiger partial charge in [-0.15, -0.1) is 5.10 Å². The number of halogens is 1. The third kappa shape index (κ3) is 3.07. The SMILES string of the molecule is CCC(O)(CC)Cn1nnc2cc(C(C)(C)C)c(F)cc21. The maximum atomic E-state index is 14.3. The van der Waals surface area contributed by atoms with Crippen molar-refractivity contribution >= 4 is 11.0 Å². The molecule has 0 aliphatic rings. The van der Waals surface area contributed by atoms with Crippen molar-refractivity contribution in [3.63, 3.8) is 0 Å². The average Bonchev–Trinajstić information content (AvgIpc) is 2.79. The molecule has 0 unspecified atom stereocenters. The van der Waals surface area contributed by atoms with Crippen molar-refractivity contribution in [2.24, 2.45) is 0 Å². The molecule has 0 atom stereocenters. The Balaban J connectivity index is 2.48. The Morgan fingerprint density at radius 1 is 1.19 bits per heavy atom. The molecular weight excluding hydrogens is 269 g/mol. The van der Waals surface area contributed by atoms with Crippen molar-refractivity contribution in [3.8, 4) is 0 Å². The maximum absolute atomic E-state index is 14.3. The number of nitrogens with zero attached hydrogens (tertiary/aromatic N) is 3. The zero-order valence-corrected chi connectivity index (χ0v) is 13.4. The minimum Gasteiger partial charge on any atom is -0.388 e. The number of benzene rings is 1. The van der Waals surface area contributed by atoms with Gasteiger partial charge in [-0.3, -0.25) is 0 Å². The summed E-state index contributed by atoms with van der Waals surface area (Å²) in [5.74, 6) is -0.255. The van der Waals surface area contributed by atoms with E-state index in [1.165, 1.54) is 6.07 Å². The van der Waals surface area contributed by atoms with E-state index in [4.69, 9.17) is 0 Å². The molecule has 0 radical (unpaired) electrons. The molecule has 1 N–H and O–H groups in total. The van der Waals surface area contributed by atoms with Crippen LogP contribution >= 0.6 is 0 Å². The first kappa shape index (κ1) is 15.9. The Kier molecular flexibility index (Phi) is 4.06. The Hall–Kier alpha value is -1.49. The minimum atomic E-state index is -0.834. The van der Waals surface area contributed by atoms with Gasteiger partial charge in [0.05, 0.1) is 17.7 Å². The third-order valence-electron chi connectivity index (χ3n) is 4.17. The molecule has 0 bridgehead atoms. The van der Waals surface area contributed by atoms with Crippen molar-refractivity contribution in [1.82, 2.24) is 15.0 Å². The highest BCUT2D eigenvalue weighted by Gasteiger charge is 2.26. The predicted octanol–water partition coefficient (Wildman–Crippen LogP) is 3.42. The zero-order valence-electron chi connectivity index (χ0n) is 13.4. The smallest absolute Gasteiger partial charge is 0.129 e. The fourth-order valence-corrected chi connectivity index (χ4v) is 2.43. The largest absolute Gasteiger partial charge is 0.388 e. The molecule has 1 aromatic heterocycles. The van der Waals surface area contributed by atoms with Crippen LogP contribution in [0.15, 0.2) is 12.1 Å². The summed E-state index contributed by atoms with van der Waals surface area (Å²) < 4.78 is 15.9. The second kappa shape index (κ2) is 5.37. The number of hydrogen-bond acceptors (Lipinski definition) is 3. The number of hydrogen-bond donors (Lipinski definition) is 1. The number of fused-ring (bicyclic) bond motifs is 1. The second-order valence-electron chi connectivity index (χ2n) is 6.75. The maximum Gasteiger partial charge on any atom is 0.129 e. The zero-order chi connectivity index (χ0) is 15.8. The van der Waals surface area contributed by atoms with Crippen LogP contribution in [0.25, 0.3) is 11.0 Å². The molecule has 2 aromatic rings. The molecular formula is C16H24FN3O. The molecule has 1 heterocycles. The molecule has 1 aromatic carbocycles. The van der Waals surface area contributed by atoms with Gasteiger partial charge in [-0.25, -0.2) is 9.07 Å². The molecule has 0 spiro atoms. The Labute approximate surface area is 125 Å². The Bertz CT molecular complexity index is 639. The molecule has 0 aliphatic carbocycles. The average molecular weight is 293 g/mol. The predicted molar refractivity (Wildman–Crippen MR) is 81.7 cm³/mol. The normalized spacial score (nSPS) is 13.1. The van der Waals surface area contributed by atoms with Gasteiger partial charge in [0.15, 0.2) is 0 Å². The number of aromatic nitrogens is 3. The lowest BCUT2D eigenvalue weighted by Gasteiger charge is -2.25. The monoisotopic (exact) mass is 293 g/mol. The first-order chi connectivity index (χ1) is 9.70. The van der Waals surface area contributed by atoms with Crippen LogP contribution < -0.4 is 0 Å². The summed E-state index contributed by atoms with van der Waals surface area (Å²) in [4.78, 5) is 0. The molecule has 21 heavy (non-hydrogen) atoms. The van der Waals surface area contributed by atoms with Crippen LogP contribution in [-0.4, -0.2) is 25.7 Å². The minimum absolute atomic E-state index is 0.255. The van der Waals surface area contributed by atoms with Gasteiger partial charge >= 0.3 is 0 Å². The van der Waals surface area contributed by atoms with Gasteiger partial charge in [0.25, 0.3) is 0 Å². The Morgan fingerprint density at radius 3 is 2.33 bits per heavy atom. The molecule has 0 saturated heterocycles. The van der Waals surface area contributed by atoms with Gasteiger partial charge in [-0.2, -0.15) is 0 Å². The lowest BCUT2D eigenvalue weighted by molar-refractivity contribution is 0.0125. The molecule has 0 saturated carbocycles. The van der Waals surface area contributed by atoms with Crippen molar-refractivity contribution < 1.29 is 9.50 Å². The van der Waals surface area contributed by atoms with Crippen molar-refractivity contribution in [2.45, 2.75) is 65.0 Å². The lowest BCUT2D eigenvalue weighted by Crippen LogP contribution is -2.33. The van der Waals surface area contributed by atoms with Crippen LogP contribution in [0, 0.1) is 5.82 Å². The highest BCUT2D eigenvalue weighted by molar-refractivity contribution is 5.75. The summed E-state index contributed by atoms with van der Waals surface area (Å²) in [6, 6.07) is 3.23. The van der Waals surface area contributed by atoms with Crippen molar-refractivity contribution in [1.29, 1.82) is 0 Å². The van der Waals surface area contributed by atoms with Crippen LogP contribution in [-0.2, 0) is 12.0 Å². The summed E-state index contributed by atoms with van der Waals surface area (Å²) in [6.07, 6.45) is 1.24. The van der Waals surface area contributed by atoms with Crippen molar-refractivity contribution in [2.75, 3.05) is 0 Å². The molecule has 4 nitrogen and oxygen atoms in total. The van der Waals surface area contributed by atoms with Crippen LogP contribution in [0.1, 0.15) is 53.0 Å². The summed E-state index contributed by atoms with van der Waals surface area (Å²) in [5, 5.41) is 18.6. The van der Waals surface area contributed by atoms with Crippen LogP contribution in [0.3, 0.4) is 0 Å². The van der Waals surface area contributed by atoms with E-state index in [0.29, 0.717) is 36.0 Å². The molecule has 2 rings (SSSR count). The summed E-state index contributed by atoms with van der Waals surface area (Å²) >= 11 is 0. The molecule has 0 fully saturated rings. The van der Waals surface area contributed by atoms with Crippen LogP contribution in [0.5, 0.6) is 0 Å². The lowest BCUT2D eigenvalue weighted by atomic mass is 9.86. The summed E-state index contributed by atoms with van der Waals surface area (Å²) in [6.45, 7) is 10.1. The quantitative estimate of drug-likeness (QED) is 0.939. The standard InChI is InChI=1S/C16H24FN3O/c1-6-16(21,7-2)10-20-14-9-12(17)11(15(3,4)5)8-13(14)18-19-20/h8-9,21H,6-7,10H2,1-5H3. The second-order valence-corrected chi connectivity index (χ2v) is 6.75. The van der Waals surface area contributed by atoms with E-state index < -0.39 is 5.60 Å². The topological polar surface area (TPSA) is 50.9 Å². The number of rotatable bonds is 4. The van der Waals surface area contributed by atoms with Gasteiger partial charge in [0.2, 0.25) is 0 Å². The fraction of sp³-hybridized carbons (Fsp3) is 0.625. The molecule has 0 amide bonds. The van der Waals surface area contributed by atoms with Gasteiger partial charge in [-0.05, 0) is 29.9 Å². The summed E-state index contributed by atoms with van der Waals surface area (Å²) in [5.41, 5.74) is 0.801. The van der Waals surface area contributed by atoms with E-state index in [1.807, 2.05) is 34.6 Å². The third-order valence-corrected chi connectivity index (χ3v) is 4.17. The fourth-order valence-electron chi connectivity index (χ4n) is 2.43. The van der Waals surface area contributed by atoms with Crippen LogP contribution in [0.4, 0.5) is 4.39 Å². The van der Waals surface area contributed by atoms with Gasteiger partial charge < -0.3 is 5.11 Å². The highest BCUT2D eigenvalue weighted by Crippen LogP contribution is 2.29. The first-order valence-electron chi connectivity index (χ1n) is 7.46. The Morgan fingerprint density at radius 2 is 1.81 bits per heavy atom. The first-order valence-corrected chi connectivity index (χ1v) is 7.46. The van der Waals surface area contributed by atoms with Gasteiger partial charge in [-0.1, -0.05) is 39.8 Å². The number of aliphatic hydroxyl groups is 1. The molecule has 0 aliphatic heterocycles. The van der Waals surface area contributed by atoms with Crippen molar-refractivity contribution in [3.05, 3.63) is 23.5 Å². The van der Waals surface area contributed by atoms with E-state index in [9.17, 15) is 9.50 Å². The van der Waals surface area contributed by atoms with E-state index in [1.54, 1.807) is 10.7 Å².